The van der Waals surface area contributed by atoms with Gasteiger partial charge in [0.25, 0.3) is 0 Å². The van der Waals surface area contributed by atoms with Gasteiger partial charge in [0.05, 0.1) is 11.4 Å². The van der Waals surface area contributed by atoms with Gasteiger partial charge in [0.2, 0.25) is 0 Å². The van der Waals surface area contributed by atoms with E-state index in [0.717, 1.165) is 30.9 Å². The van der Waals surface area contributed by atoms with E-state index < -0.39 is 0 Å². The summed E-state index contributed by atoms with van der Waals surface area (Å²) in [6.07, 6.45) is 1.10. The highest BCUT2D eigenvalue weighted by Gasteiger charge is 2.27. The summed E-state index contributed by atoms with van der Waals surface area (Å²) in [5, 5.41) is 6.40. The molecular formula is C21H25FN4O. The maximum atomic E-state index is 14.1. The molecule has 0 bridgehead atoms. The number of amides is 2. The average molecular weight is 368 g/mol. The summed E-state index contributed by atoms with van der Waals surface area (Å²) in [5.41, 5.74) is 2.51. The lowest BCUT2D eigenvalue weighted by Crippen LogP contribution is -2.49. The molecule has 2 aliphatic heterocycles. The quantitative estimate of drug-likeness (QED) is 0.872. The molecule has 2 heterocycles. The van der Waals surface area contributed by atoms with Gasteiger partial charge in [-0.05, 0) is 43.6 Å². The highest BCUT2D eigenvalue weighted by Crippen LogP contribution is 2.34. The first-order valence-corrected chi connectivity index (χ1v) is 9.56. The number of halogens is 1. The number of nitrogens with one attached hydrogen (secondary N) is 2. The third kappa shape index (κ3) is 3.90. The highest BCUT2D eigenvalue weighted by atomic mass is 19.1. The van der Waals surface area contributed by atoms with Crippen molar-refractivity contribution in [3.8, 4) is 0 Å². The number of nitrogens with zero attached hydrogens (tertiary/aromatic N) is 2. The van der Waals surface area contributed by atoms with Gasteiger partial charge in [-0.2, -0.15) is 0 Å². The number of urea groups is 1. The van der Waals surface area contributed by atoms with Crippen LogP contribution < -0.4 is 20.4 Å². The number of rotatable bonds is 4. The number of benzene rings is 2. The van der Waals surface area contributed by atoms with Crippen LogP contribution in [0.2, 0.25) is 0 Å². The molecule has 2 aliphatic rings. The molecule has 2 aromatic carbocycles. The highest BCUT2D eigenvalue weighted by molar-refractivity contribution is 5.96. The maximum Gasteiger partial charge on any atom is 0.322 e. The van der Waals surface area contributed by atoms with Crippen molar-refractivity contribution in [2.24, 2.45) is 5.92 Å². The number of carbonyl (C=O) groups excluding carboxylic acids is 1. The molecule has 0 aliphatic carbocycles. The van der Waals surface area contributed by atoms with Crippen molar-refractivity contribution in [3.05, 3.63) is 59.9 Å². The van der Waals surface area contributed by atoms with Gasteiger partial charge in [-0.1, -0.05) is 30.3 Å². The number of hydrogen-bond donors (Lipinski definition) is 2. The number of carbonyl (C=O) groups is 1. The molecule has 4 rings (SSSR count). The second-order valence-corrected chi connectivity index (χ2v) is 7.20. The summed E-state index contributed by atoms with van der Waals surface area (Å²) in [6, 6.07) is 14.7. The smallest absolute Gasteiger partial charge is 0.322 e. The first kappa shape index (κ1) is 17.8. The van der Waals surface area contributed by atoms with Crippen LogP contribution in [0.5, 0.6) is 0 Å². The number of fused-ring (bicyclic) bond motifs is 1. The van der Waals surface area contributed by atoms with Crippen LogP contribution in [-0.2, 0) is 6.54 Å². The van der Waals surface area contributed by atoms with Crippen LogP contribution in [0.4, 0.5) is 20.6 Å². The zero-order valence-corrected chi connectivity index (χ0v) is 15.3. The Labute approximate surface area is 159 Å². The lowest BCUT2D eigenvalue weighted by atomic mass is 10.1. The zero-order valence-electron chi connectivity index (χ0n) is 15.3. The molecule has 5 nitrogen and oxygen atoms in total. The molecule has 2 amide bonds. The van der Waals surface area contributed by atoms with Crippen LogP contribution in [0.1, 0.15) is 12.0 Å². The van der Waals surface area contributed by atoms with E-state index in [-0.39, 0.29) is 11.8 Å². The lowest BCUT2D eigenvalue weighted by Gasteiger charge is -2.38. The van der Waals surface area contributed by atoms with Crippen molar-refractivity contribution < 1.29 is 9.18 Å². The van der Waals surface area contributed by atoms with Crippen LogP contribution in [-0.4, -0.2) is 38.8 Å². The second-order valence-electron chi connectivity index (χ2n) is 7.20. The molecule has 2 aromatic rings. The average Bonchev–Trinajstić information content (AvgIpc) is 3.22. The fourth-order valence-corrected chi connectivity index (χ4v) is 3.84. The Morgan fingerprint density at radius 3 is 2.67 bits per heavy atom. The summed E-state index contributed by atoms with van der Waals surface area (Å²) >= 11 is 0. The standard InChI is InChI=1S/C21H25FN4O/c22-18-6-2-1-5-17(18)15-25-11-12-26(20-8-4-3-7-19(20)25)21(27)24-14-16-9-10-23-13-16/h1-8,16,23H,9-15H2,(H,24,27)/t16-/m0/s1. The number of hydrogen-bond acceptors (Lipinski definition) is 3. The summed E-state index contributed by atoms with van der Waals surface area (Å²) in [4.78, 5) is 16.7. The van der Waals surface area contributed by atoms with Gasteiger partial charge in [-0.25, -0.2) is 9.18 Å². The number of anilines is 2. The third-order valence-corrected chi connectivity index (χ3v) is 5.38. The molecular weight excluding hydrogens is 343 g/mol. The van der Waals surface area contributed by atoms with E-state index in [1.54, 1.807) is 11.0 Å². The molecule has 142 valence electrons. The molecule has 27 heavy (non-hydrogen) atoms. The molecule has 1 atom stereocenters. The van der Waals surface area contributed by atoms with Crippen LogP contribution in [0, 0.1) is 11.7 Å². The van der Waals surface area contributed by atoms with Crippen molar-refractivity contribution in [2.45, 2.75) is 13.0 Å². The van der Waals surface area contributed by atoms with Crippen molar-refractivity contribution >= 4 is 17.4 Å². The van der Waals surface area contributed by atoms with E-state index >= 15 is 0 Å². The summed E-state index contributed by atoms with van der Waals surface area (Å²) < 4.78 is 14.1. The minimum absolute atomic E-state index is 0.0557. The van der Waals surface area contributed by atoms with Crippen LogP contribution >= 0.6 is 0 Å². The molecule has 2 N–H and O–H groups in total. The largest absolute Gasteiger partial charge is 0.364 e. The monoisotopic (exact) mass is 368 g/mol. The van der Waals surface area contributed by atoms with Crippen LogP contribution in [0.3, 0.4) is 0 Å². The fourth-order valence-electron chi connectivity index (χ4n) is 3.84. The van der Waals surface area contributed by atoms with Gasteiger partial charge in [0, 0.05) is 31.7 Å². The maximum absolute atomic E-state index is 14.1. The summed E-state index contributed by atoms with van der Waals surface area (Å²) in [6.45, 7) is 4.44. The Morgan fingerprint density at radius 1 is 1.11 bits per heavy atom. The molecule has 1 saturated heterocycles. The Bertz CT molecular complexity index is 806. The van der Waals surface area contributed by atoms with Crippen molar-refractivity contribution in [1.29, 1.82) is 0 Å². The summed E-state index contributed by atoms with van der Waals surface area (Å²) in [5.74, 6) is 0.312. The zero-order chi connectivity index (χ0) is 18.6. The van der Waals surface area contributed by atoms with E-state index in [2.05, 4.69) is 15.5 Å². The predicted octanol–water partition coefficient (Wildman–Crippen LogP) is 2.97. The summed E-state index contributed by atoms with van der Waals surface area (Å²) in [7, 11) is 0. The van der Waals surface area contributed by atoms with Crippen LogP contribution in [0.25, 0.3) is 0 Å². The lowest BCUT2D eigenvalue weighted by molar-refractivity contribution is 0.244. The third-order valence-electron chi connectivity index (χ3n) is 5.38. The van der Waals surface area contributed by atoms with Crippen molar-refractivity contribution in [3.63, 3.8) is 0 Å². The molecule has 1 fully saturated rings. The minimum Gasteiger partial charge on any atom is -0.364 e. The Balaban J connectivity index is 1.49. The first-order chi connectivity index (χ1) is 13.2. The molecule has 6 heteroatoms. The van der Waals surface area contributed by atoms with Crippen molar-refractivity contribution in [2.75, 3.05) is 42.5 Å². The van der Waals surface area contributed by atoms with E-state index in [1.165, 1.54) is 6.07 Å². The topological polar surface area (TPSA) is 47.6 Å². The van der Waals surface area contributed by atoms with Gasteiger partial charge in [0.15, 0.2) is 0 Å². The van der Waals surface area contributed by atoms with Crippen LogP contribution in [0.15, 0.2) is 48.5 Å². The second kappa shape index (κ2) is 7.96. The van der Waals surface area contributed by atoms with E-state index in [1.807, 2.05) is 36.4 Å². The molecule has 0 unspecified atom stereocenters. The van der Waals surface area contributed by atoms with E-state index in [9.17, 15) is 9.18 Å². The number of para-hydroxylation sites is 2. The molecule has 0 saturated carbocycles. The molecule has 0 spiro atoms. The van der Waals surface area contributed by atoms with Gasteiger partial charge in [-0.15, -0.1) is 0 Å². The normalized spacial score (nSPS) is 19.1. The van der Waals surface area contributed by atoms with Gasteiger partial charge < -0.3 is 15.5 Å². The SMILES string of the molecule is O=C(NC[C@H]1CCNC1)N1CCN(Cc2ccccc2F)c2ccccc21. The van der Waals surface area contributed by atoms with E-state index in [0.29, 0.717) is 37.7 Å². The van der Waals surface area contributed by atoms with Crippen molar-refractivity contribution in [1.82, 2.24) is 10.6 Å². The molecule has 0 aromatic heterocycles. The minimum atomic E-state index is -0.194. The van der Waals surface area contributed by atoms with Gasteiger partial charge in [-0.3, -0.25) is 4.90 Å². The predicted molar refractivity (Wildman–Crippen MR) is 106 cm³/mol. The Kier molecular flexibility index (Phi) is 5.25. The first-order valence-electron chi connectivity index (χ1n) is 9.56. The van der Waals surface area contributed by atoms with E-state index in [4.69, 9.17) is 0 Å². The Hall–Kier alpha value is -2.60. The van der Waals surface area contributed by atoms with Gasteiger partial charge >= 0.3 is 6.03 Å². The fraction of sp³-hybridized carbons (Fsp3) is 0.381. The Morgan fingerprint density at radius 2 is 1.89 bits per heavy atom. The molecule has 0 radical (unpaired) electrons. The van der Waals surface area contributed by atoms with Gasteiger partial charge in [0.1, 0.15) is 5.82 Å².